The Bertz CT molecular complexity index is 543. The van der Waals surface area contributed by atoms with Crippen LogP contribution in [0.5, 0.6) is 0 Å². The Labute approximate surface area is 129 Å². The van der Waals surface area contributed by atoms with Crippen LogP contribution in [0.1, 0.15) is 24.7 Å². The third-order valence-electron chi connectivity index (χ3n) is 3.17. The molecule has 1 aromatic heterocycles. The zero-order chi connectivity index (χ0) is 14.4. The van der Waals surface area contributed by atoms with Crippen molar-refractivity contribution in [2.24, 2.45) is 0 Å². The number of rotatable bonds is 6. The fraction of sp³-hybridized carbons (Fsp3) is 0.375. The van der Waals surface area contributed by atoms with Crippen molar-refractivity contribution in [3.63, 3.8) is 0 Å². The maximum Gasteiger partial charge on any atom is 0.133 e. The van der Waals surface area contributed by atoms with Crippen LogP contribution >= 0.6 is 15.9 Å². The number of likely N-dealkylation sites (N-methyl/N-ethyl adjacent to an activating group) is 1. The summed E-state index contributed by atoms with van der Waals surface area (Å²) in [7, 11) is 2.08. The molecule has 0 amide bonds. The van der Waals surface area contributed by atoms with Crippen LogP contribution in [0.15, 0.2) is 41.0 Å². The van der Waals surface area contributed by atoms with E-state index in [2.05, 4.69) is 69.0 Å². The van der Waals surface area contributed by atoms with E-state index >= 15 is 0 Å². The number of aromatic nitrogens is 2. The second kappa shape index (κ2) is 7.39. The van der Waals surface area contributed by atoms with Crippen molar-refractivity contribution >= 4 is 21.7 Å². The molecule has 2 aromatic rings. The van der Waals surface area contributed by atoms with Crippen LogP contribution in [0.2, 0.25) is 0 Å². The van der Waals surface area contributed by atoms with E-state index in [0.29, 0.717) is 0 Å². The highest BCUT2D eigenvalue weighted by Crippen LogP contribution is 2.16. The van der Waals surface area contributed by atoms with Crippen LogP contribution < -0.4 is 4.90 Å². The van der Waals surface area contributed by atoms with E-state index in [0.717, 1.165) is 42.1 Å². The zero-order valence-corrected chi connectivity index (χ0v) is 13.6. The highest BCUT2D eigenvalue weighted by Gasteiger charge is 2.07. The van der Waals surface area contributed by atoms with Gasteiger partial charge in [-0.15, -0.1) is 0 Å². The molecule has 0 bridgehead atoms. The van der Waals surface area contributed by atoms with Gasteiger partial charge in [0.15, 0.2) is 0 Å². The average Bonchev–Trinajstić information content (AvgIpc) is 2.45. The van der Waals surface area contributed by atoms with Gasteiger partial charge in [-0.1, -0.05) is 37.3 Å². The minimum atomic E-state index is 0.859. The molecule has 1 aromatic carbocycles. The summed E-state index contributed by atoms with van der Waals surface area (Å²) in [5.74, 6) is 1.88. The topological polar surface area (TPSA) is 29.0 Å². The number of nitrogens with zero attached hydrogens (tertiary/aromatic N) is 3. The predicted octanol–water partition coefficient (Wildman–Crippen LogP) is 3.87. The Morgan fingerprint density at radius 1 is 1.10 bits per heavy atom. The molecule has 106 valence electrons. The Morgan fingerprint density at radius 2 is 1.85 bits per heavy atom. The third kappa shape index (κ3) is 4.30. The highest BCUT2D eigenvalue weighted by molar-refractivity contribution is 9.10. The Hall–Kier alpha value is -1.42. The molecular weight excluding hydrogens is 314 g/mol. The summed E-state index contributed by atoms with van der Waals surface area (Å²) in [6.45, 7) is 3.09. The molecule has 20 heavy (non-hydrogen) atoms. The molecule has 0 saturated carbocycles. The smallest absolute Gasteiger partial charge is 0.133 e. The van der Waals surface area contributed by atoms with E-state index in [-0.39, 0.29) is 0 Å². The van der Waals surface area contributed by atoms with Crippen LogP contribution in [0.4, 0.5) is 5.82 Å². The van der Waals surface area contributed by atoms with E-state index in [4.69, 9.17) is 0 Å². The lowest BCUT2D eigenvalue weighted by Gasteiger charge is -2.19. The monoisotopic (exact) mass is 333 g/mol. The van der Waals surface area contributed by atoms with Gasteiger partial charge in [-0.2, -0.15) is 0 Å². The first-order valence-corrected chi connectivity index (χ1v) is 7.77. The summed E-state index contributed by atoms with van der Waals surface area (Å²) in [4.78, 5) is 11.2. The molecule has 0 radical (unpaired) electrons. The summed E-state index contributed by atoms with van der Waals surface area (Å²) in [6.07, 6.45) is 2.99. The van der Waals surface area contributed by atoms with Crippen molar-refractivity contribution in [2.45, 2.75) is 26.2 Å². The summed E-state index contributed by atoms with van der Waals surface area (Å²) in [5, 5.41) is 0. The summed E-state index contributed by atoms with van der Waals surface area (Å²) >= 11 is 3.47. The molecule has 1 heterocycles. The predicted molar refractivity (Wildman–Crippen MR) is 87.1 cm³/mol. The number of halogens is 1. The van der Waals surface area contributed by atoms with Gasteiger partial charge >= 0.3 is 0 Å². The normalized spacial score (nSPS) is 10.6. The van der Waals surface area contributed by atoms with Gasteiger partial charge in [0.25, 0.3) is 0 Å². The molecule has 0 unspecified atom stereocenters. The zero-order valence-electron chi connectivity index (χ0n) is 12.0. The SMILES string of the molecule is CCCc1nc(Br)cc(N(C)CCc2ccccc2)n1. The minimum Gasteiger partial charge on any atom is -0.359 e. The van der Waals surface area contributed by atoms with E-state index in [1.165, 1.54) is 5.56 Å². The van der Waals surface area contributed by atoms with Crippen molar-refractivity contribution in [3.05, 3.63) is 52.4 Å². The first-order valence-electron chi connectivity index (χ1n) is 6.97. The van der Waals surface area contributed by atoms with Crippen molar-refractivity contribution in [2.75, 3.05) is 18.5 Å². The number of benzene rings is 1. The van der Waals surface area contributed by atoms with Crippen LogP contribution in [0.25, 0.3) is 0 Å². The number of hydrogen-bond acceptors (Lipinski definition) is 3. The molecule has 0 aliphatic carbocycles. The summed E-state index contributed by atoms with van der Waals surface area (Å²) < 4.78 is 0.859. The molecule has 0 saturated heterocycles. The van der Waals surface area contributed by atoms with Crippen LogP contribution in [-0.4, -0.2) is 23.6 Å². The lowest BCUT2D eigenvalue weighted by molar-refractivity contribution is 0.800. The van der Waals surface area contributed by atoms with Gasteiger partial charge < -0.3 is 4.90 Å². The van der Waals surface area contributed by atoms with Crippen LogP contribution in [0.3, 0.4) is 0 Å². The molecule has 0 fully saturated rings. The number of aryl methyl sites for hydroxylation is 1. The molecule has 0 aliphatic heterocycles. The Kier molecular flexibility index (Phi) is 5.53. The second-order valence-corrected chi connectivity index (χ2v) is 5.68. The molecule has 0 N–H and O–H groups in total. The molecule has 2 rings (SSSR count). The van der Waals surface area contributed by atoms with Gasteiger partial charge in [-0.05, 0) is 34.3 Å². The lowest BCUT2D eigenvalue weighted by atomic mass is 10.1. The van der Waals surface area contributed by atoms with Gasteiger partial charge in [0.1, 0.15) is 16.2 Å². The first-order chi connectivity index (χ1) is 9.69. The Balaban J connectivity index is 2.03. The van der Waals surface area contributed by atoms with E-state index in [1.54, 1.807) is 0 Å². The van der Waals surface area contributed by atoms with Crippen LogP contribution in [0, 0.1) is 0 Å². The van der Waals surface area contributed by atoms with Gasteiger partial charge in [0.05, 0.1) is 0 Å². The molecule has 4 heteroatoms. The van der Waals surface area contributed by atoms with E-state index in [9.17, 15) is 0 Å². The number of anilines is 1. The van der Waals surface area contributed by atoms with E-state index in [1.807, 2.05) is 12.1 Å². The van der Waals surface area contributed by atoms with E-state index < -0.39 is 0 Å². The third-order valence-corrected chi connectivity index (χ3v) is 3.58. The average molecular weight is 334 g/mol. The fourth-order valence-electron chi connectivity index (χ4n) is 2.04. The molecule has 0 atom stereocenters. The minimum absolute atomic E-state index is 0.859. The second-order valence-electron chi connectivity index (χ2n) is 4.87. The standard InChI is InChI=1S/C16H20BrN3/c1-3-7-15-18-14(17)12-16(19-15)20(2)11-10-13-8-5-4-6-9-13/h4-6,8-9,12H,3,7,10-11H2,1-2H3. The van der Waals surface area contributed by atoms with Crippen molar-refractivity contribution in [1.29, 1.82) is 0 Å². The molecule has 3 nitrogen and oxygen atoms in total. The number of hydrogen-bond donors (Lipinski definition) is 0. The first kappa shape index (κ1) is 15.0. The summed E-state index contributed by atoms with van der Waals surface area (Å²) in [6, 6.07) is 12.5. The van der Waals surface area contributed by atoms with Gasteiger partial charge in [0, 0.05) is 26.1 Å². The summed E-state index contributed by atoms with van der Waals surface area (Å²) in [5.41, 5.74) is 1.35. The van der Waals surface area contributed by atoms with Crippen molar-refractivity contribution in [3.8, 4) is 0 Å². The Morgan fingerprint density at radius 3 is 2.55 bits per heavy atom. The van der Waals surface area contributed by atoms with Gasteiger partial charge in [0.2, 0.25) is 0 Å². The van der Waals surface area contributed by atoms with Crippen molar-refractivity contribution in [1.82, 2.24) is 9.97 Å². The van der Waals surface area contributed by atoms with Crippen LogP contribution in [-0.2, 0) is 12.8 Å². The van der Waals surface area contributed by atoms with Gasteiger partial charge in [-0.3, -0.25) is 0 Å². The highest BCUT2D eigenvalue weighted by atomic mass is 79.9. The van der Waals surface area contributed by atoms with Crippen molar-refractivity contribution < 1.29 is 0 Å². The fourth-order valence-corrected chi connectivity index (χ4v) is 2.45. The maximum atomic E-state index is 4.62. The molecule has 0 spiro atoms. The maximum absolute atomic E-state index is 4.62. The molecular formula is C16H20BrN3. The lowest BCUT2D eigenvalue weighted by Crippen LogP contribution is -2.22. The quantitative estimate of drug-likeness (QED) is 0.751. The molecule has 0 aliphatic rings. The largest absolute Gasteiger partial charge is 0.359 e. The van der Waals surface area contributed by atoms with Gasteiger partial charge in [-0.25, -0.2) is 9.97 Å².